The summed E-state index contributed by atoms with van der Waals surface area (Å²) in [6, 6.07) is 6.01. The number of carbonyl (C=O) groups is 1. The van der Waals surface area contributed by atoms with Gasteiger partial charge in [0.05, 0.1) is 29.0 Å². The van der Waals surface area contributed by atoms with Crippen molar-refractivity contribution >= 4 is 28.9 Å². The van der Waals surface area contributed by atoms with Gasteiger partial charge in [-0.15, -0.1) is 0 Å². The molecule has 1 aromatic rings. The number of anilines is 2. The fourth-order valence-electron chi connectivity index (χ4n) is 2.83. The smallest absolute Gasteiger partial charge is 0.241 e. The van der Waals surface area contributed by atoms with Crippen LogP contribution in [0.3, 0.4) is 0 Å². The van der Waals surface area contributed by atoms with E-state index in [2.05, 4.69) is 17.1 Å². The molecule has 2 heterocycles. The maximum atomic E-state index is 12.1. The highest BCUT2D eigenvalue weighted by atomic mass is 35.5. The van der Waals surface area contributed by atoms with Crippen molar-refractivity contribution in [1.29, 1.82) is 0 Å². The van der Waals surface area contributed by atoms with E-state index in [-0.39, 0.29) is 11.9 Å². The average Bonchev–Trinajstić information content (AvgIpc) is 2.38. The van der Waals surface area contributed by atoms with Crippen molar-refractivity contribution in [3.8, 4) is 0 Å². The lowest BCUT2D eigenvalue weighted by atomic mass is 10.0. The highest BCUT2D eigenvalue weighted by Crippen LogP contribution is 2.41. The predicted molar refractivity (Wildman–Crippen MR) is 73.5 cm³/mol. The number of rotatable bonds is 1. The lowest BCUT2D eigenvalue weighted by Gasteiger charge is -2.45. The number of piperazine rings is 1. The minimum Gasteiger partial charge on any atom is -0.368 e. The van der Waals surface area contributed by atoms with Crippen molar-refractivity contribution in [3.63, 3.8) is 0 Å². The fourth-order valence-corrected chi connectivity index (χ4v) is 3.09. The summed E-state index contributed by atoms with van der Waals surface area (Å²) in [5.74, 6) is 0.108. The second-order valence-electron chi connectivity index (χ2n) is 4.69. The van der Waals surface area contributed by atoms with Gasteiger partial charge in [-0.3, -0.25) is 4.79 Å². The van der Waals surface area contributed by atoms with Crippen LogP contribution in [0.4, 0.5) is 11.4 Å². The normalized spacial score (nSPS) is 22.8. The molecule has 2 aliphatic heterocycles. The number of likely N-dealkylation sites (N-methyl/N-ethyl adjacent to an activating group) is 1. The molecule has 1 saturated heterocycles. The Morgan fingerprint density at radius 3 is 3.11 bits per heavy atom. The van der Waals surface area contributed by atoms with Gasteiger partial charge < -0.3 is 15.1 Å². The molecule has 3 rings (SSSR count). The number of para-hydroxylation sites is 1. The zero-order chi connectivity index (χ0) is 12.7. The van der Waals surface area contributed by atoms with Crippen LogP contribution < -0.4 is 15.1 Å². The molecular formula is C13H16ClN3O. The van der Waals surface area contributed by atoms with Crippen LogP contribution in [0.5, 0.6) is 0 Å². The van der Waals surface area contributed by atoms with Crippen molar-refractivity contribution in [2.45, 2.75) is 13.0 Å². The number of hydrogen-bond donors (Lipinski definition) is 1. The molecule has 0 bridgehead atoms. The first-order chi connectivity index (χ1) is 8.72. The van der Waals surface area contributed by atoms with E-state index in [1.54, 1.807) is 0 Å². The average molecular weight is 266 g/mol. The van der Waals surface area contributed by atoms with Crippen LogP contribution >= 0.6 is 11.6 Å². The highest BCUT2D eigenvalue weighted by Gasteiger charge is 2.37. The van der Waals surface area contributed by atoms with Gasteiger partial charge in [0.2, 0.25) is 5.91 Å². The molecule has 96 valence electrons. The zero-order valence-electron chi connectivity index (χ0n) is 10.3. The summed E-state index contributed by atoms with van der Waals surface area (Å²) in [5.41, 5.74) is 1.94. The van der Waals surface area contributed by atoms with Gasteiger partial charge in [-0.2, -0.15) is 0 Å². The number of amides is 1. The predicted octanol–water partition coefficient (Wildman–Crippen LogP) is 1.48. The molecule has 1 fully saturated rings. The van der Waals surface area contributed by atoms with Gasteiger partial charge in [0.25, 0.3) is 0 Å². The molecule has 0 aromatic heterocycles. The molecule has 1 amide bonds. The summed E-state index contributed by atoms with van der Waals surface area (Å²) in [7, 11) is 0. The Morgan fingerprint density at radius 1 is 1.50 bits per heavy atom. The van der Waals surface area contributed by atoms with Gasteiger partial charge >= 0.3 is 0 Å². The topological polar surface area (TPSA) is 35.6 Å². The van der Waals surface area contributed by atoms with Crippen LogP contribution in [-0.4, -0.2) is 38.1 Å². The largest absolute Gasteiger partial charge is 0.368 e. The molecule has 0 spiro atoms. The van der Waals surface area contributed by atoms with Crippen LogP contribution in [0.2, 0.25) is 5.02 Å². The Balaban J connectivity index is 2.14. The molecule has 18 heavy (non-hydrogen) atoms. The van der Waals surface area contributed by atoms with Crippen LogP contribution in [0.15, 0.2) is 18.2 Å². The third-order valence-corrected chi connectivity index (χ3v) is 3.95. The van der Waals surface area contributed by atoms with Crippen molar-refractivity contribution in [2.24, 2.45) is 0 Å². The SMILES string of the molecule is CCN1CC2CNCC(=O)N2c2c(Cl)cccc21. The standard InChI is InChI=1S/C13H16ClN3O/c1-2-16-8-9-6-15-7-12(18)17(9)13-10(14)4-3-5-11(13)16/h3-5,9,15H,2,6-8H2,1H3. The van der Waals surface area contributed by atoms with E-state index in [1.807, 2.05) is 23.1 Å². The number of nitrogens with one attached hydrogen (secondary N) is 1. The lowest BCUT2D eigenvalue weighted by molar-refractivity contribution is -0.119. The van der Waals surface area contributed by atoms with Gasteiger partial charge in [0.15, 0.2) is 0 Å². The Hall–Kier alpha value is -1.26. The van der Waals surface area contributed by atoms with Crippen LogP contribution in [-0.2, 0) is 4.79 Å². The summed E-state index contributed by atoms with van der Waals surface area (Å²) in [4.78, 5) is 16.3. The van der Waals surface area contributed by atoms with E-state index in [9.17, 15) is 4.79 Å². The third kappa shape index (κ3) is 1.68. The van der Waals surface area contributed by atoms with E-state index >= 15 is 0 Å². The van der Waals surface area contributed by atoms with Crippen LogP contribution in [0, 0.1) is 0 Å². The molecule has 0 radical (unpaired) electrons. The minimum absolute atomic E-state index is 0.108. The summed E-state index contributed by atoms with van der Waals surface area (Å²) in [6.07, 6.45) is 0. The number of carbonyl (C=O) groups excluding carboxylic acids is 1. The van der Waals surface area contributed by atoms with E-state index in [1.165, 1.54) is 0 Å². The second kappa shape index (κ2) is 4.44. The molecule has 1 atom stereocenters. The maximum absolute atomic E-state index is 12.1. The molecule has 4 nitrogen and oxygen atoms in total. The van der Waals surface area contributed by atoms with Crippen molar-refractivity contribution < 1.29 is 4.79 Å². The number of halogens is 1. The second-order valence-corrected chi connectivity index (χ2v) is 5.10. The molecule has 1 N–H and O–H groups in total. The number of hydrogen-bond acceptors (Lipinski definition) is 3. The fraction of sp³-hybridized carbons (Fsp3) is 0.462. The molecule has 1 aromatic carbocycles. The summed E-state index contributed by atoms with van der Waals surface area (Å²) in [6.45, 7) is 5.13. The number of benzene rings is 1. The first kappa shape index (κ1) is 11.8. The molecule has 0 aliphatic carbocycles. The van der Waals surface area contributed by atoms with Gasteiger partial charge in [-0.25, -0.2) is 0 Å². The van der Waals surface area contributed by atoms with Gasteiger partial charge in [-0.1, -0.05) is 17.7 Å². The molecule has 1 unspecified atom stereocenters. The summed E-state index contributed by atoms with van der Waals surface area (Å²) in [5, 5.41) is 3.83. The quantitative estimate of drug-likeness (QED) is 0.836. The van der Waals surface area contributed by atoms with Crippen LogP contribution in [0.25, 0.3) is 0 Å². The highest BCUT2D eigenvalue weighted by molar-refractivity contribution is 6.34. The van der Waals surface area contributed by atoms with Crippen molar-refractivity contribution in [3.05, 3.63) is 23.2 Å². The monoisotopic (exact) mass is 265 g/mol. The molecular weight excluding hydrogens is 250 g/mol. The Labute approximate surface area is 112 Å². The Bertz CT molecular complexity index is 491. The molecule has 5 heteroatoms. The van der Waals surface area contributed by atoms with Crippen molar-refractivity contribution in [1.82, 2.24) is 5.32 Å². The zero-order valence-corrected chi connectivity index (χ0v) is 11.1. The van der Waals surface area contributed by atoms with Gasteiger partial charge in [-0.05, 0) is 19.1 Å². The van der Waals surface area contributed by atoms with E-state index in [0.29, 0.717) is 11.6 Å². The van der Waals surface area contributed by atoms with Crippen LogP contribution in [0.1, 0.15) is 6.92 Å². The summed E-state index contributed by atoms with van der Waals surface area (Å²) >= 11 is 6.31. The number of nitrogens with zero attached hydrogens (tertiary/aromatic N) is 2. The van der Waals surface area contributed by atoms with E-state index < -0.39 is 0 Å². The summed E-state index contributed by atoms with van der Waals surface area (Å²) < 4.78 is 0. The molecule has 0 saturated carbocycles. The third-order valence-electron chi connectivity index (χ3n) is 3.65. The molecule has 2 aliphatic rings. The first-order valence-electron chi connectivity index (χ1n) is 6.28. The van der Waals surface area contributed by atoms with E-state index in [4.69, 9.17) is 11.6 Å². The number of fused-ring (bicyclic) bond motifs is 3. The maximum Gasteiger partial charge on any atom is 0.241 e. The Morgan fingerprint density at radius 2 is 2.33 bits per heavy atom. The van der Waals surface area contributed by atoms with Gasteiger partial charge in [0, 0.05) is 19.6 Å². The first-order valence-corrected chi connectivity index (χ1v) is 6.66. The van der Waals surface area contributed by atoms with E-state index in [0.717, 1.165) is 31.0 Å². The van der Waals surface area contributed by atoms with Gasteiger partial charge in [0.1, 0.15) is 0 Å². The van der Waals surface area contributed by atoms with Crippen molar-refractivity contribution in [2.75, 3.05) is 36.0 Å². The minimum atomic E-state index is 0.108. The Kier molecular flexibility index (Phi) is 2.92. The lowest BCUT2D eigenvalue weighted by Crippen LogP contribution is -2.61.